The molecule has 1 heterocycles. The highest BCUT2D eigenvalue weighted by molar-refractivity contribution is 7.99. The van der Waals surface area contributed by atoms with Gasteiger partial charge in [-0.15, -0.1) is 11.8 Å². The van der Waals surface area contributed by atoms with Crippen LogP contribution in [0, 0.1) is 5.92 Å². The van der Waals surface area contributed by atoms with E-state index in [1.165, 1.54) is 4.90 Å². The third-order valence-corrected chi connectivity index (χ3v) is 7.88. The molecule has 4 nitrogen and oxygen atoms in total. The van der Waals surface area contributed by atoms with Gasteiger partial charge in [0.25, 0.3) is 0 Å². The normalized spacial score (nSPS) is 16.4. The average Bonchev–Trinajstić information content (AvgIpc) is 3.54. The fraction of sp³-hybridized carbons (Fsp3) is 0.321. The van der Waals surface area contributed by atoms with Gasteiger partial charge in [0.1, 0.15) is 5.78 Å². The molecular formula is C28H28O4S. The number of carbonyl (C=O) groups excluding carboxylic acids is 1. The molecule has 0 radical (unpaired) electrons. The Morgan fingerprint density at radius 2 is 1.79 bits per heavy atom. The van der Waals surface area contributed by atoms with Crippen LogP contribution in [0.3, 0.4) is 0 Å². The lowest BCUT2D eigenvalue weighted by Gasteiger charge is -2.16. The van der Waals surface area contributed by atoms with Gasteiger partial charge >= 0.3 is 0 Å². The van der Waals surface area contributed by atoms with E-state index in [-0.39, 0.29) is 30.5 Å². The molecule has 0 aromatic heterocycles. The number of carbonyl (C=O) groups is 1. The molecule has 5 heteroatoms. The zero-order chi connectivity index (χ0) is 22.8. The van der Waals surface area contributed by atoms with E-state index in [0.29, 0.717) is 6.42 Å². The fourth-order valence-electron chi connectivity index (χ4n) is 4.30. The number of hydrogen-bond acceptors (Lipinski definition) is 5. The van der Waals surface area contributed by atoms with Crippen molar-refractivity contribution < 1.29 is 19.4 Å². The number of ether oxygens (including phenoxy) is 2. The number of Topliss-reactive ketones (excluding diaryl/α,β-unsaturated/α-hetero) is 1. The van der Waals surface area contributed by atoms with Crippen molar-refractivity contribution in [3.8, 4) is 22.6 Å². The molecule has 1 fully saturated rings. The number of thioether (sulfide) groups is 1. The van der Waals surface area contributed by atoms with E-state index in [1.807, 2.05) is 37.3 Å². The molecule has 0 saturated heterocycles. The molecule has 1 aliphatic heterocycles. The number of hydrogen-bond donors (Lipinski definition) is 1. The molecule has 2 aliphatic rings. The summed E-state index contributed by atoms with van der Waals surface area (Å²) in [6, 6.07) is 22.7. The van der Waals surface area contributed by atoms with E-state index in [4.69, 9.17) is 9.47 Å². The first kappa shape index (κ1) is 22.1. The molecule has 170 valence electrons. The van der Waals surface area contributed by atoms with Crippen molar-refractivity contribution in [2.75, 3.05) is 19.2 Å². The molecule has 1 saturated carbocycles. The Bertz CT molecular complexity index is 1150. The third kappa shape index (κ3) is 4.66. The second-order valence-electron chi connectivity index (χ2n) is 9.07. The summed E-state index contributed by atoms with van der Waals surface area (Å²) in [4.78, 5) is 14.5. The van der Waals surface area contributed by atoms with Crippen LogP contribution in [-0.4, -0.2) is 30.0 Å². The van der Waals surface area contributed by atoms with Gasteiger partial charge in [0.15, 0.2) is 11.5 Å². The van der Waals surface area contributed by atoms with E-state index >= 15 is 0 Å². The molecule has 3 aromatic rings. The number of ketones is 1. The molecule has 0 unspecified atom stereocenters. The molecule has 1 N–H and O–H groups in total. The van der Waals surface area contributed by atoms with E-state index in [9.17, 15) is 9.90 Å². The number of benzene rings is 3. The molecule has 0 amide bonds. The Morgan fingerprint density at radius 3 is 2.55 bits per heavy atom. The van der Waals surface area contributed by atoms with Crippen LogP contribution in [-0.2, 0) is 16.6 Å². The van der Waals surface area contributed by atoms with E-state index < -0.39 is 0 Å². The van der Waals surface area contributed by atoms with Crippen molar-refractivity contribution in [2.45, 2.75) is 36.5 Å². The lowest BCUT2D eigenvalue weighted by molar-refractivity contribution is -0.120. The van der Waals surface area contributed by atoms with Gasteiger partial charge in [0, 0.05) is 23.7 Å². The maximum atomic E-state index is 13.3. The third-order valence-electron chi connectivity index (χ3n) is 6.53. The Balaban J connectivity index is 1.28. The molecule has 3 aromatic carbocycles. The average molecular weight is 461 g/mol. The highest BCUT2D eigenvalue weighted by Gasteiger charge is 2.50. The summed E-state index contributed by atoms with van der Waals surface area (Å²) in [6.07, 6.45) is 2.20. The Labute approximate surface area is 198 Å². The van der Waals surface area contributed by atoms with Crippen molar-refractivity contribution in [1.29, 1.82) is 0 Å². The SMILES string of the molecule is C[C@@H](CO)CSc1ccc(-c2cccc(CC(=O)C3(c4ccc5c(c4)OCO5)CC3)c2)cc1. The molecule has 33 heavy (non-hydrogen) atoms. The number of aliphatic hydroxyl groups excluding tert-OH is 1. The summed E-state index contributed by atoms with van der Waals surface area (Å²) in [5, 5.41) is 9.20. The summed E-state index contributed by atoms with van der Waals surface area (Å²) in [5.74, 6) is 2.95. The van der Waals surface area contributed by atoms with Crippen molar-refractivity contribution in [3.63, 3.8) is 0 Å². The molecule has 5 rings (SSSR count). The Morgan fingerprint density at radius 1 is 1.00 bits per heavy atom. The molecule has 0 bridgehead atoms. The predicted molar refractivity (Wildman–Crippen MR) is 131 cm³/mol. The number of aliphatic hydroxyl groups is 1. The first-order valence-corrected chi connectivity index (χ1v) is 12.4. The predicted octanol–water partition coefficient (Wildman–Crippen LogP) is 5.65. The van der Waals surface area contributed by atoms with Crippen LogP contribution in [0.5, 0.6) is 11.5 Å². The Kier molecular flexibility index (Phi) is 6.17. The van der Waals surface area contributed by atoms with Crippen LogP contribution in [0.25, 0.3) is 11.1 Å². The van der Waals surface area contributed by atoms with E-state index in [0.717, 1.165) is 52.3 Å². The number of rotatable bonds is 9. The van der Waals surface area contributed by atoms with Crippen LogP contribution < -0.4 is 9.47 Å². The van der Waals surface area contributed by atoms with Crippen LogP contribution >= 0.6 is 11.8 Å². The van der Waals surface area contributed by atoms with Gasteiger partial charge in [0.2, 0.25) is 6.79 Å². The standard InChI is InChI=1S/C28H28O4S/c1-19(16-29)17-33-24-8-5-21(6-9-24)22-4-2-3-20(13-22)14-27(30)28(11-12-28)23-7-10-25-26(15-23)32-18-31-25/h2-10,13,15,19,29H,11-12,14,16-18H2,1H3/t19-/m0/s1. The van der Waals surface area contributed by atoms with E-state index in [2.05, 4.69) is 36.4 Å². The first-order valence-electron chi connectivity index (χ1n) is 11.4. The topological polar surface area (TPSA) is 55.8 Å². The first-order chi connectivity index (χ1) is 16.1. The van der Waals surface area contributed by atoms with Crippen molar-refractivity contribution in [3.05, 3.63) is 77.9 Å². The minimum absolute atomic E-state index is 0.215. The molecule has 1 aliphatic carbocycles. The molecular weight excluding hydrogens is 432 g/mol. The zero-order valence-corrected chi connectivity index (χ0v) is 19.6. The lowest BCUT2D eigenvalue weighted by atomic mass is 9.87. The molecule has 0 spiro atoms. The smallest absolute Gasteiger partial charge is 0.231 e. The largest absolute Gasteiger partial charge is 0.454 e. The summed E-state index contributed by atoms with van der Waals surface area (Å²) < 4.78 is 10.9. The van der Waals surface area contributed by atoms with Crippen LogP contribution in [0.15, 0.2) is 71.6 Å². The van der Waals surface area contributed by atoms with Crippen LogP contribution in [0.2, 0.25) is 0 Å². The summed E-state index contributed by atoms with van der Waals surface area (Å²) in [7, 11) is 0. The van der Waals surface area contributed by atoms with Gasteiger partial charge < -0.3 is 14.6 Å². The van der Waals surface area contributed by atoms with Gasteiger partial charge in [-0.1, -0.05) is 49.4 Å². The summed E-state index contributed by atoms with van der Waals surface area (Å²) >= 11 is 1.76. The second-order valence-corrected chi connectivity index (χ2v) is 10.2. The minimum Gasteiger partial charge on any atom is -0.454 e. The maximum Gasteiger partial charge on any atom is 0.231 e. The quantitative estimate of drug-likeness (QED) is 0.419. The second kappa shape index (κ2) is 9.24. The van der Waals surface area contributed by atoms with Gasteiger partial charge in [-0.3, -0.25) is 4.79 Å². The summed E-state index contributed by atoms with van der Waals surface area (Å²) in [5.41, 5.74) is 3.95. The molecule has 1 atom stereocenters. The highest BCUT2D eigenvalue weighted by atomic mass is 32.2. The Hall–Kier alpha value is -2.76. The van der Waals surface area contributed by atoms with Crippen LogP contribution in [0.1, 0.15) is 30.9 Å². The highest BCUT2D eigenvalue weighted by Crippen LogP contribution is 2.51. The van der Waals surface area contributed by atoms with Crippen molar-refractivity contribution >= 4 is 17.5 Å². The van der Waals surface area contributed by atoms with Gasteiger partial charge in [-0.2, -0.15) is 0 Å². The van der Waals surface area contributed by atoms with Crippen molar-refractivity contribution in [1.82, 2.24) is 0 Å². The fourth-order valence-corrected chi connectivity index (χ4v) is 5.21. The zero-order valence-electron chi connectivity index (χ0n) is 18.8. The van der Waals surface area contributed by atoms with E-state index in [1.54, 1.807) is 11.8 Å². The lowest BCUT2D eigenvalue weighted by Crippen LogP contribution is -2.22. The van der Waals surface area contributed by atoms with Crippen LogP contribution in [0.4, 0.5) is 0 Å². The van der Waals surface area contributed by atoms with Crippen molar-refractivity contribution in [2.24, 2.45) is 5.92 Å². The maximum absolute atomic E-state index is 13.3. The van der Waals surface area contributed by atoms with Gasteiger partial charge in [0.05, 0.1) is 5.41 Å². The minimum atomic E-state index is -0.387. The number of fused-ring (bicyclic) bond motifs is 1. The van der Waals surface area contributed by atoms with Gasteiger partial charge in [-0.05, 0) is 65.3 Å². The monoisotopic (exact) mass is 460 g/mol. The summed E-state index contributed by atoms with van der Waals surface area (Å²) in [6.45, 7) is 2.51. The van der Waals surface area contributed by atoms with Gasteiger partial charge in [-0.25, -0.2) is 0 Å².